The normalized spacial score (nSPS) is 9.80. The molecule has 0 atom stereocenters. The van der Waals surface area contributed by atoms with Crippen LogP contribution in [0.5, 0.6) is 0 Å². The number of halogens is 1. The molecule has 1 aromatic rings. The SMILES string of the molecule is Cc1c(N)cc(Cl)cc1N. The Balaban J connectivity index is 3.31. The third-order valence-electron chi connectivity index (χ3n) is 1.45. The molecule has 0 spiro atoms. The van der Waals surface area contributed by atoms with Gasteiger partial charge < -0.3 is 11.5 Å². The molecule has 54 valence electrons. The third-order valence-corrected chi connectivity index (χ3v) is 1.67. The van der Waals surface area contributed by atoms with Gasteiger partial charge in [-0.3, -0.25) is 0 Å². The highest BCUT2D eigenvalue weighted by Crippen LogP contribution is 2.23. The monoisotopic (exact) mass is 156 g/mol. The van der Waals surface area contributed by atoms with Gasteiger partial charge in [-0.2, -0.15) is 0 Å². The van der Waals surface area contributed by atoms with E-state index < -0.39 is 0 Å². The van der Waals surface area contributed by atoms with Gasteiger partial charge in [0.2, 0.25) is 0 Å². The van der Waals surface area contributed by atoms with Gasteiger partial charge in [0.05, 0.1) is 0 Å². The Hall–Kier alpha value is -0.890. The summed E-state index contributed by atoms with van der Waals surface area (Å²) in [6, 6.07) is 3.38. The number of rotatable bonds is 0. The third kappa shape index (κ3) is 1.16. The van der Waals surface area contributed by atoms with Crippen LogP contribution in [0.25, 0.3) is 0 Å². The number of nitrogens with two attached hydrogens (primary N) is 2. The van der Waals surface area contributed by atoms with Crippen molar-refractivity contribution in [3.05, 3.63) is 22.7 Å². The Kier molecular flexibility index (Phi) is 1.72. The van der Waals surface area contributed by atoms with Crippen molar-refractivity contribution >= 4 is 23.0 Å². The van der Waals surface area contributed by atoms with Crippen LogP contribution in [-0.4, -0.2) is 0 Å². The topological polar surface area (TPSA) is 52.0 Å². The van der Waals surface area contributed by atoms with Crippen LogP contribution in [0, 0.1) is 6.92 Å². The summed E-state index contributed by atoms with van der Waals surface area (Å²) in [5.74, 6) is 0. The molecule has 0 unspecified atom stereocenters. The van der Waals surface area contributed by atoms with E-state index in [4.69, 9.17) is 23.1 Å². The molecule has 1 aromatic carbocycles. The first-order valence-electron chi connectivity index (χ1n) is 2.92. The van der Waals surface area contributed by atoms with Crippen LogP contribution in [-0.2, 0) is 0 Å². The van der Waals surface area contributed by atoms with Crippen LogP contribution < -0.4 is 11.5 Å². The van der Waals surface area contributed by atoms with Crippen molar-refractivity contribution < 1.29 is 0 Å². The van der Waals surface area contributed by atoms with Crippen LogP contribution in [0.2, 0.25) is 5.02 Å². The average molecular weight is 157 g/mol. The molecule has 2 nitrogen and oxygen atoms in total. The molecule has 0 radical (unpaired) electrons. The van der Waals surface area contributed by atoms with Gasteiger partial charge in [-0.1, -0.05) is 11.6 Å². The molecule has 0 aliphatic heterocycles. The number of hydrogen-bond donors (Lipinski definition) is 2. The summed E-state index contributed by atoms with van der Waals surface area (Å²) in [4.78, 5) is 0. The van der Waals surface area contributed by atoms with Gasteiger partial charge >= 0.3 is 0 Å². The predicted molar refractivity (Wildman–Crippen MR) is 45.0 cm³/mol. The maximum Gasteiger partial charge on any atom is 0.0447 e. The number of nitrogen functional groups attached to an aromatic ring is 2. The van der Waals surface area contributed by atoms with Crippen LogP contribution in [0.15, 0.2) is 12.1 Å². The van der Waals surface area contributed by atoms with E-state index in [1.165, 1.54) is 0 Å². The first-order valence-corrected chi connectivity index (χ1v) is 3.30. The summed E-state index contributed by atoms with van der Waals surface area (Å²) in [7, 11) is 0. The molecule has 10 heavy (non-hydrogen) atoms. The Labute approximate surface area is 64.8 Å². The molecule has 0 aliphatic carbocycles. The van der Waals surface area contributed by atoms with E-state index in [1.54, 1.807) is 12.1 Å². The van der Waals surface area contributed by atoms with Gasteiger partial charge in [0.25, 0.3) is 0 Å². The number of hydrogen-bond acceptors (Lipinski definition) is 2. The summed E-state index contributed by atoms with van der Waals surface area (Å²) in [5.41, 5.74) is 13.3. The van der Waals surface area contributed by atoms with E-state index in [0.29, 0.717) is 16.4 Å². The highest BCUT2D eigenvalue weighted by atomic mass is 35.5. The second-order valence-corrected chi connectivity index (χ2v) is 2.65. The van der Waals surface area contributed by atoms with Gasteiger partial charge in [0.15, 0.2) is 0 Å². The molecule has 1 rings (SSSR count). The molecule has 0 saturated heterocycles. The minimum absolute atomic E-state index is 0.584. The fraction of sp³-hybridized carbons (Fsp3) is 0.143. The van der Waals surface area contributed by atoms with Crippen LogP contribution >= 0.6 is 11.6 Å². The number of benzene rings is 1. The summed E-state index contributed by atoms with van der Waals surface area (Å²) < 4.78 is 0. The lowest BCUT2D eigenvalue weighted by Gasteiger charge is -2.03. The molecule has 0 aromatic heterocycles. The van der Waals surface area contributed by atoms with E-state index in [9.17, 15) is 0 Å². The Bertz CT molecular complexity index is 235. The molecule has 4 N–H and O–H groups in total. The molecule has 0 amide bonds. The molecular weight excluding hydrogens is 148 g/mol. The average Bonchev–Trinajstić information content (AvgIpc) is 1.82. The lowest BCUT2D eigenvalue weighted by atomic mass is 10.2. The van der Waals surface area contributed by atoms with Crippen LogP contribution in [0.4, 0.5) is 11.4 Å². The zero-order valence-electron chi connectivity index (χ0n) is 5.69. The smallest absolute Gasteiger partial charge is 0.0447 e. The summed E-state index contributed by atoms with van der Waals surface area (Å²) in [5, 5.41) is 0.584. The fourth-order valence-corrected chi connectivity index (χ4v) is 0.957. The quantitative estimate of drug-likeness (QED) is 0.563. The fourth-order valence-electron chi connectivity index (χ4n) is 0.722. The molecular formula is C7H9ClN2. The Morgan fingerprint density at radius 2 is 1.60 bits per heavy atom. The summed E-state index contributed by atoms with van der Waals surface area (Å²) in [6.45, 7) is 1.86. The van der Waals surface area contributed by atoms with Crippen molar-refractivity contribution in [3.8, 4) is 0 Å². The van der Waals surface area contributed by atoms with Gasteiger partial charge in [-0.05, 0) is 24.6 Å². The molecule has 0 heterocycles. The zero-order chi connectivity index (χ0) is 7.72. The van der Waals surface area contributed by atoms with E-state index in [1.807, 2.05) is 6.92 Å². The number of anilines is 2. The van der Waals surface area contributed by atoms with E-state index in [-0.39, 0.29) is 0 Å². The van der Waals surface area contributed by atoms with Crippen molar-refractivity contribution in [1.82, 2.24) is 0 Å². The van der Waals surface area contributed by atoms with Crippen LogP contribution in [0.3, 0.4) is 0 Å². The summed E-state index contributed by atoms with van der Waals surface area (Å²) in [6.07, 6.45) is 0. The minimum atomic E-state index is 0.584. The first-order chi connectivity index (χ1) is 4.61. The van der Waals surface area contributed by atoms with Crippen molar-refractivity contribution in [2.75, 3.05) is 11.5 Å². The van der Waals surface area contributed by atoms with E-state index in [0.717, 1.165) is 5.56 Å². The highest BCUT2D eigenvalue weighted by molar-refractivity contribution is 6.31. The highest BCUT2D eigenvalue weighted by Gasteiger charge is 1.98. The van der Waals surface area contributed by atoms with Crippen LogP contribution in [0.1, 0.15) is 5.56 Å². The standard InChI is InChI=1S/C7H9ClN2/c1-4-6(9)2-5(8)3-7(4)10/h2-3H,9-10H2,1H3. The Morgan fingerprint density at radius 1 is 1.20 bits per heavy atom. The first kappa shape index (κ1) is 7.22. The molecule has 0 aliphatic rings. The lowest BCUT2D eigenvalue weighted by molar-refractivity contribution is 1.47. The minimum Gasteiger partial charge on any atom is -0.398 e. The second kappa shape index (κ2) is 2.39. The van der Waals surface area contributed by atoms with E-state index in [2.05, 4.69) is 0 Å². The molecule has 0 bridgehead atoms. The lowest BCUT2D eigenvalue weighted by Crippen LogP contribution is -1.95. The van der Waals surface area contributed by atoms with Gasteiger partial charge in [-0.25, -0.2) is 0 Å². The van der Waals surface area contributed by atoms with Gasteiger partial charge in [0, 0.05) is 16.4 Å². The Morgan fingerprint density at radius 3 is 2.00 bits per heavy atom. The molecule has 0 fully saturated rings. The van der Waals surface area contributed by atoms with Crippen molar-refractivity contribution in [1.29, 1.82) is 0 Å². The van der Waals surface area contributed by atoms with Crippen molar-refractivity contribution in [2.24, 2.45) is 0 Å². The van der Waals surface area contributed by atoms with Crippen molar-refractivity contribution in [3.63, 3.8) is 0 Å². The largest absolute Gasteiger partial charge is 0.398 e. The molecule has 0 saturated carbocycles. The van der Waals surface area contributed by atoms with Gasteiger partial charge in [0.1, 0.15) is 0 Å². The summed E-state index contributed by atoms with van der Waals surface area (Å²) >= 11 is 5.66. The molecule has 3 heteroatoms. The maximum absolute atomic E-state index is 5.66. The predicted octanol–water partition coefficient (Wildman–Crippen LogP) is 1.81. The second-order valence-electron chi connectivity index (χ2n) is 2.21. The maximum atomic E-state index is 5.66. The van der Waals surface area contributed by atoms with Crippen molar-refractivity contribution in [2.45, 2.75) is 6.92 Å². The van der Waals surface area contributed by atoms with Gasteiger partial charge in [-0.15, -0.1) is 0 Å². The zero-order valence-corrected chi connectivity index (χ0v) is 6.44. The van der Waals surface area contributed by atoms with E-state index >= 15 is 0 Å².